The SMILES string of the molecule is CC1(C(=O)Nc2ccc3[nH]ncc3c2)CCN1C(=O)CCc1ccccc1. The first-order valence-electron chi connectivity index (χ1n) is 9.15. The van der Waals surface area contributed by atoms with Gasteiger partial charge < -0.3 is 10.2 Å². The van der Waals surface area contributed by atoms with Crippen LogP contribution in [0.25, 0.3) is 10.9 Å². The molecule has 2 heterocycles. The summed E-state index contributed by atoms with van der Waals surface area (Å²) < 4.78 is 0. The maximum absolute atomic E-state index is 12.9. The molecule has 1 atom stereocenters. The number of nitrogens with zero attached hydrogens (tertiary/aromatic N) is 2. The molecule has 27 heavy (non-hydrogen) atoms. The summed E-state index contributed by atoms with van der Waals surface area (Å²) in [7, 11) is 0. The van der Waals surface area contributed by atoms with Gasteiger partial charge in [-0.25, -0.2) is 0 Å². The summed E-state index contributed by atoms with van der Waals surface area (Å²) in [5.41, 5.74) is 1.96. The van der Waals surface area contributed by atoms with Crippen molar-refractivity contribution in [1.29, 1.82) is 0 Å². The average molecular weight is 362 g/mol. The van der Waals surface area contributed by atoms with Crippen LogP contribution in [0.15, 0.2) is 54.7 Å². The van der Waals surface area contributed by atoms with Crippen molar-refractivity contribution in [3.63, 3.8) is 0 Å². The molecule has 1 aromatic heterocycles. The lowest BCUT2D eigenvalue weighted by Crippen LogP contribution is -2.66. The molecule has 2 N–H and O–H groups in total. The number of aromatic amines is 1. The second kappa shape index (κ2) is 6.87. The predicted molar refractivity (Wildman–Crippen MR) is 104 cm³/mol. The maximum atomic E-state index is 12.9. The normalized spacial score (nSPS) is 18.9. The van der Waals surface area contributed by atoms with Crippen LogP contribution in [-0.4, -0.2) is 39.0 Å². The van der Waals surface area contributed by atoms with Crippen molar-refractivity contribution in [2.75, 3.05) is 11.9 Å². The Morgan fingerprint density at radius 2 is 2.04 bits per heavy atom. The molecule has 6 nitrogen and oxygen atoms in total. The molecular formula is C21H22N4O2. The van der Waals surface area contributed by atoms with Crippen LogP contribution in [-0.2, 0) is 16.0 Å². The number of likely N-dealkylation sites (tertiary alicyclic amines) is 1. The van der Waals surface area contributed by atoms with Gasteiger partial charge in [0.2, 0.25) is 11.8 Å². The highest BCUT2D eigenvalue weighted by Crippen LogP contribution is 2.33. The van der Waals surface area contributed by atoms with Crippen LogP contribution >= 0.6 is 0 Å². The van der Waals surface area contributed by atoms with Gasteiger partial charge in [0.15, 0.2) is 0 Å². The fraction of sp³-hybridized carbons (Fsp3) is 0.286. The zero-order valence-corrected chi connectivity index (χ0v) is 15.2. The first-order chi connectivity index (χ1) is 13.1. The fourth-order valence-electron chi connectivity index (χ4n) is 3.51. The quantitative estimate of drug-likeness (QED) is 0.732. The van der Waals surface area contributed by atoms with E-state index >= 15 is 0 Å². The van der Waals surface area contributed by atoms with Gasteiger partial charge in [-0.15, -0.1) is 0 Å². The summed E-state index contributed by atoms with van der Waals surface area (Å²) in [6, 6.07) is 15.5. The number of carbonyl (C=O) groups is 2. The Hall–Kier alpha value is -3.15. The second-order valence-corrected chi connectivity index (χ2v) is 7.18. The number of carbonyl (C=O) groups excluding carboxylic acids is 2. The first kappa shape index (κ1) is 17.3. The minimum absolute atomic E-state index is 0.0213. The van der Waals surface area contributed by atoms with Gasteiger partial charge >= 0.3 is 0 Å². The lowest BCUT2D eigenvalue weighted by molar-refractivity contribution is -0.154. The van der Waals surface area contributed by atoms with E-state index in [0.29, 0.717) is 31.5 Å². The summed E-state index contributed by atoms with van der Waals surface area (Å²) in [6.45, 7) is 2.46. The highest BCUT2D eigenvalue weighted by molar-refractivity contribution is 6.02. The average Bonchev–Trinajstić information content (AvgIpc) is 3.13. The van der Waals surface area contributed by atoms with Gasteiger partial charge in [0.05, 0.1) is 11.7 Å². The number of aryl methyl sites for hydroxylation is 1. The van der Waals surface area contributed by atoms with Gasteiger partial charge in [-0.1, -0.05) is 30.3 Å². The molecule has 1 fully saturated rings. The number of rotatable bonds is 5. The van der Waals surface area contributed by atoms with E-state index in [-0.39, 0.29) is 11.8 Å². The third-order valence-corrected chi connectivity index (χ3v) is 5.38. The molecule has 138 valence electrons. The number of amides is 2. The van der Waals surface area contributed by atoms with E-state index in [4.69, 9.17) is 0 Å². The number of nitrogens with one attached hydrogen (secondary N) is 2. The van der Waals surface area contributed by atoms with E-state index < -0.39 is 5.54 Å². The zero-order valence-electron chi connectivity index (χ0n) is 15.2. The number of H-pyrrole nitrogens is 1. The van der Waals surface area contributed by atoms with Gasteiger partial charge in [-0.2, -0.15) is 5.10 Å². The molecule has 6 heteroatoms. The molecule has 4 rings (SSSR count). The first-order valence-corrected chi connectivity index (χ1v) is 9.15. The lowest BCUT2D eigenvalue weighted by atomic mass is 9.84. The van der Waals surface area contributed by atoms with Crippen molar-refractivity contribution < 1.29 is 9.59 Å². The molecule has 3 aromatic rings. The highest BCUT2D eigenvalue weighted by atomic mass is 16.2. The summed E-state index contributed by atoms with van der Waals surface area (Å²) in [6.07, 6.45) is 3.48. The molecule has 2 amide bonds. The number of aromatic nitrogens is 2. The third-order valence-electron chi connectivity index (χ3n) is 5.38. The van der Waals surface area contributed by atoms with Crippen molar-refractivity contribution >= 4 is 28.4 Å². The largest absolute Gasteiger partial charge is 0.328 e. The van der Waals surface area contributed by atoms with E-state index in [0.717, 1.165) is 16.5 Å². The van der Waals surface area contributed by atoms with Crippen molar-refractivity contribution in [3.8, 4) is 0 Å². The minimum atomic E-state index is -0.793. The molecule has 0 saturated carbocycles. The van der Waals surface area contributed by atoms with Crippen LogP contribution in [0.1, 0.15) is 25.3 Å². The molecule has 0 spiro atoms. The lowest BCUT2D eigenvalue weighted by Gasteiger charge is -2.49. The third kappa shape index (κ3) is 3.30. The van der Waals surface area contributed by atoms with Gasteiger partial charge in [0.1, 0.15) is 5.54 Å². The molecule has 1 aliphatic rings. The number of hydrogen-bond donors (Lipinski definition) is 2. The Bertz CT molecular complexity index is 982. The molecule has 1 aliphatic heterocycles. The van der Waals surface area contributed by atoms with E-state index in [9.17, 15) is 9.59 Å². The summed E-state index contributed by atoms with van der Waals surface area (Å²) in [5.74, 6) is -0.127. The Kier molecular flexibility index (Phi) is 4.39. The topological polar surface area (TPSA) is 78.1 Å². The monoisotopic (exact) mass is 362 g/mol. The molecule has 0 radical (unpaired) electrons. The maximum Gasteiger partial charge on any atom is 0.250 e. The van der Waals surface area contributed by atoms with Crippen LogP contribution in [0.2, 0.25) is 0 Å². The zero-order chi connectivity index (χ0) is 18.9. The van der Waals surface area contributed by atoms with Crippen molar-refractivity contribution in [1.82, 2.24) is 15.1 Å². The smallest absolute Gasteiger partial charge is 0.250 e. The number of anilines is 1. The standard InChI is InChI=1S/C21H22N4O2/c1-21(20(27)23-17-8-9-18-16(13-17)14-22-24-18)11-12-25(21)19(26)10-7-15-5-3-2-4-6-15/h2-6,8-9,13-14H,7,10-12H2,1H3,(H,22,24)(H,23,27). The van der Waals surface area contributed by atoms with Crippen molar-refractivity contribution in [2.24, 2.45) is 0 Å². The Morgan fingerprint density at radius 1 is 1.22 bits per heavy atom. The summed E-state index contributed by atoms with van der Waals surface area (Å²) >= 11 is 0. The van der Waals surface area contributed by atoms with Crippen molar-refractivity contribution in [2.45, 2.75) is 31.7 Å². The fourth-order valence-corrected chi connectivity index (χ4v) is 3.51. The van der Waals surface area contributed by atoms with Crippen LogP contribution in [0.3, 0.4) is 0 Å². The van der Waals surface area contributed by atoms with Gasteiger partial charge in [-0.05, 0) is 43.5 Å². The van der Waals surface area contributed by atoms with E-state index in [1.54, 1.807) is 11.1 Å². The molecule has 2 aromatic carbocycles. The van der Waals surface area contributed by atoms with E-state index in [2.05, 4.69) is 15.5 Å². The van der Waals surface area contributed by atoms with Crippen LogP contribution in [0.5, 0.6) is 0 Å². The van der Waals surface area contributed by atoms with Gasteiger partial charge in [0, 0.05) is 24.0 Å². The van der Waals surface area contributed by atoms with Crippen molar-refractivity contribution in [3.05, 3.63) is 60.3 Å². The summed E-state index contributed by atoms with van der Waals surface area (Å²) in [4.78, 5) is 27.2. The van der Waals surface area contributed by atoms with E-state index in [1.165, 1.54) is 0 Å². The molecule has 0 bridgehead atoms. The molecular weight excluding hydrogens is 340 g/mol. The molecule has 0 aliphatic carbocycles. The highest BCUT2D eigenvalue weighted by Gasteiger charge is 2.49. The second-order valence-electron chi connectivity index (χ2n) is 7.18. The number of benzene rings is 2. The van der Waals surface area contributed by atoms with Gasteiger partial charge in [-0.3, -0.25) is 14.7 Å². The minimum Gasteiger partial charge on any atom is -0.328 e. The van der Waals surface area contributed by atoms with Gasteiger partial charge in [0.25, 0.3) is 0 Å². The van der Waals surface area contributed by atoms with Crippen LogP contribution < -0.4 is 5.32 Å². The summed E-state index contributed by atoms with van der Waals surface area (Å²) in [5, 5.41) is 10.8. The van der Waals surface area contributed by atoms with Crippen LogP contribution in [0.4, 0.5) is 5.69 Å². The predicted octanol–water partition coefficient (Wildman–Crippen LogP) is 3.13. The Balaban J connectivity index is 1.40. The Labute approximate surface area is 157 Å². The number of hydrogen-bond acceptors (Lipinski definition) is 3. The number of fused-ring (bicyclic) bond motifs is 1. The molecule has 1 saturated heterocycles. The van der Waals surface area contributed by atoms with Crippen LogP contribution in [0, 0.1) is 0 Å². The van der Waals surface area contributed by atoms with E-state index in [1.807, 2.05) is 55.5 Å². The Morgan fingerprint density at radius 3 is 2.78 bits per heavy atom. The molecule has 1 unspecified atom stereocenters.